The molecule has 1 aromatic rings. The molecule has 100 valence electrons. The van der Waals surface area contributed by atoms with E-state index in [-0.39, 0.29) is 0 Å². The van der Waals surface area contributed by atoms with Gasteiger partial charge in [-0.15, -0.1) is 0 Å². The van der Waals surface area contributed by atoms with E-state index >= 15 is 0 Å². The van der Waals surface area contributed by atoms with Crippen LogP contribution in [0.2, 0.25) is 0 Å². The summed E-state index contributed by atoms with van der Waals surface area (Å²) in [5.74, 6) is 1.03. The lowest BCUT2D eigenvalue weighted by Crippen LogP contribution is -2.28. The average molecular weight is 248 g/mol. The Kier molecular flexibility index (Phi) is 4.48. The first-order valence-electron chi connectivity index (χ1n) is 6.91. The molecule has 4 N–H and O–H groups in total. The van der Waals surface area contributed by atoms with Crippen molar-refractivity contribution in [1.29, 1.82) is 0 Å². The van der Waals surface area contributed by atoms with Gasteiger partial charge in [-0.1, -0.05) is 18.9 Å². The van der Waals surface area contributed by atoms with Gasteiger partial charge >= 0.3 is 0 Å². The lowest BCUT2D eigenvalue weighted by atomic mass is 9.79. The van der Waals surface area contributed by atoms with Crippen LogP contribution in [-0.4, -0.2) is 18.3 Å². The van der Waals surface area contributed by atoms with Crippen molar-refractivity contribution < 1.29 is 5.11 Å². The van der Waals surface area contributed by atoms with Crippen molar-refractivity contribution in [2.24, 2.45) is 11.8 Å². The van der Waals surface area contributed by atoms with Crippen LogP contribution in [0.4, 0.5) is 11.4 Å². The number of anilines is 2. The van der Waals surface area contributed by atoms with Gasteiger partial charge in [-0.2, -0.15) is 0 Å². The van der Waals surface area contributed by atoms with Crippen molar-refractivity contribution in [2.75, 3.05) is 24.2 Å². The summed E-state index contributed by atoms with van der Waals surface area (Å²) >= 11 is 0. The SMILES string of the molecule is Cc1ccc(N)c(NCC2CCCCC2CO)c1. The molecule has 2 atom stereocenters. The van der Waals surface area contributed by atoms with E-state index in [0.717, 1.165) is 24.3 Å². The van der Waals surface area contributed by atoms with Gasteiger partial charge in [0.2, 0.25) is 0 Å². The van der Waals surface area contributed by atoms with Crippen LogP contribution in [0.15, 0.2) is 18.2 Å². The number of hydrogen-bond acceptors (Lipinski definition) is 3. The van der Waals surface area contributed by atoms with E-state index in [1.807, 2.05) is 12.1 Å². The Morgan fingerprint density at radius 3 is 2.72 bits per heavy atom. The second-order valence-corrected chi connectivity index (χ2v) is 5.46. The fourth-order valence-corrected chi connectivity index (χ4v) is 2.86. The van der Waals surface area contributed by atoms with Crippen molar-refractivity contribution in [1.82, 2.24) is 0 Å². The Morgan fingerprint density at radius 1 is 1.28 bits per heavy atom. The van der Waals surface area contributed by atoms with Crippen molar-refractivity contribution in [3.63, 3.8) is 0 Å². The number of nitrogens with one attached hydrogen (secondary N) is 1. The number of benzene rings is 1. The molecule has 0 spiro atoms. The lowest BCUT2D eigenvalue weighted by molar-refractivity contribution is 0.141. The quantitative estimate of drug-likeness (QED) is 0.718. The zero-order valence-electron chi connectivity index (χ0n) is 11.2. The van der Waals surface area contributed by atoms with Gasteiger partial charge in [-0.25, -0.2) is 0 Å². The molecule has 2 unspecified atom stereocenters. The summed E-state index contributed by atoms with van der Waals surface area (Å²) in [6.45, 7) is 3.30. The summed E-state index contributed by atoms with van der Waals surface area (Å²) < 4.78 is 0. The van der Waals surface area contributed by atoms with E-state index < -0.39 is 0 Å². The number of aliphatic hydroxyl groups is 1. The fourth-order valence-electron chi connectivity index (χ4n) is 2.86. The van der Waals surface area contributed by atoms with Gasteiger partial charge in [0, 0.05) is 13.2 Å². The van der Waals surface area contributed by atoms with Gasteiger partial charge in [0.15, 0.2) is 0 Å². The molecule has 0 bridgehead atoms. The minimum Gasteiger partial charge on any atom is -0.397 e. The molecule has 0 saturated heterocycles. The van der Waals surface area contributed by atoms with Crippen molar-refractivity contribution in [3.05, 3.63) is 23.8 Å². The van der Waals surface area contributed by atoms with Gasteiger partial charge in [-0.3, -0.25) is 0 Å². The number of rotatable bonds is 4. The number of aryl methyl sites for hydroxylation is 1. The molecular formula is C15H24N2O. The number of aliphatic hydroxyl groups excluding tert-OH is 1. The van der Waals surface area contributed by atoms with E-state index in [4.69, 9.17) is 5.73 Å². The number of nitrogens with two attached hydrogens (primary N) is 1. The van der Waals surface area contributed by atoms with Crippen LogP contribution in [0.1, 0.15) is 31.2 Å². The third-order valence-corrected chi connectivity index (χ3v) is 4.06. The van der Waals surface area contributed by atoms with Gasteiger partial charge in [-0.05, 0) is 49.3 Å². The van der Waals surface area contributed by atoms with Crippen molar-refractivity contribution in [3.8, 4) is 0 Å². The summed E-state index contributed by atoms with van der Waals surface area (Å²) in [4.78, 5) is 0. The molecule has 1 aliphatic rings. The highest BCUT2D eigenvalue weighted by molar-refractivity contribution is 5.66. The molecule has 1 aromatic carbocycles. The first-order valence-corrected chi connectivity index (χ1v) is 6.91. The van der Waals surface area contributed by atoms with Crippen LogP contribution < -0.4 is 11.1 Å². The van der Waals surface area contributed by atoms with Crippen molar-refractivity contribution >= 4 is 11.4 Å². The average Bonchev–Trinajstić information content (AvgIpc) is 2.40. The smallest absolute Gasteiger partial charge is 0.0576 e. The van der Waals surface area contributed by atoms with E-state index in [0.29, 0.717) is 18.4 Å². The normalized spacial score (nSPS) is 23.9. The Balaban J connectivity index is 1.95. The number of nitrogen functional groups attached to an aromatic ring is 1. The van der Waals surface area contributed by atoms with Gasteiger partial charge in [0.05, 0.1) is 11.4 Å². The highest BCUT2D eigenvalue weighted by Crippen LogP contribution is 2.30. The maximum atomic E-state index is 9.40. The second kappa shape index (κ2) is 6.10. The maximum absolute atomic E-state index is 9.40. The minimum atomic E-state index is 0.315. The fraction of sp³-hybridized carbons (Fsp3) is 0.600. The van der Waals surface area contributed by atoms with Gasteiger partial charge in [0.25, 0.3) is 0 Å². The second-order valence-electron chi connectivity index (χ2n) is 5.46. The Bertz CT molecular complexity index is 392. The molecule has 0 amide bonds. The first kappa shape index (κ1) is 13.2. The molecule has 1 saturated carbocycles. The van der Waals surface area contributed by atoms with Crippen molar-refractivity contribution in [2.45, 2.75) is 32.6 Å². The molecule has 0 aliphatic heterocycles. The summed E-state index contributed by atoms with van der Waals surface area (Å²) in [6, 6.07) is 6.06. The highest BCUT2D eigenvalue weighted by atomic mass is 16.3. The largest absolute Gasteiger partial charge is 0.397 e. The first-order chi connectivity index (χ1) is 8.70. The van der Waals surface area contributed by atoms with Crippen LogP contribution in [0.5, 0.6) is 0 Å². The Morgan fingerprint density at radius 2 is 2.00 bits per heavy atom. The molecule has 0 heterocycles. The molecule has 3 heteroatoms. The zero-order valence-corrected chi connectivity index (χ0v) is 11.2. The molecule has 3 nitrogen and oxygen atoms in total. The predicted octanol–water partition coefficient (Wildman–Crippen LogP) is 2.79. The number of hydrogen-bond donors (Lipinski definition) is 3. The Labute approximate surface area is 109 Å². The van der Waals surface area contributed by atoms with Crippen LogP contribution in [0.3, 0.4) is 0 Å². The standard InChI is InChI=1S/C15H24N2O/c1-11-6-7-14(16)15(8-11)17-9-12-4-2-3-5-13(12)10-18/h6-8,12-13,17-18H,2-5,9-10,16H2,1H3. The molecule has 2 rings (SSSR count). The van der Waals surface area contributed by atoms with E-state index in [9.17, 15) is 5.11 Å². The van der Waals surface area contributed by atoms with Crippen LogP contribution >= 0.6 is 0 Å². The third-order valence-electron chi connectivity index (χ3n) is 4.06. The molecule has 1 fully saturated rings. The molecular weight excluding hydrogens is 224 g/mol. The van der Waals surface area contributed by atoms with E-state index in [2.05, 4.69) is 18.3 Å². The molecule has 0 aromatic heterocycles. The highest BCUT2D eigenvalue weighted by Gasteiger charge is 2.24. The van der Waals surface area contributed by atoms with Crippen LogP contribution in [0.25, 0.3) is 0 Å². The van der Waals surface area contributed by atoms with E-state index in [1.54, 1.807) is 0 Å². The summed E-state index contributed by atoms with van der Waals surface area (Å²) in [5, 5.41) is 12.9. The van der Waals surface area contributed by atoms with Crippen LogP contribution in [0, 0.1) is 18.8 Å². The summed E-state index contributed by atoms with van der Waals surface area (Å²) in [7, 11) is 0. The maximum Gasteiger partial charge on any atom is 0.0576 e. The van der Waals surface area contributed by atoms with Crippen LogP contribution in [-0.2, 0) is 0 Å². The summed E-state index contributed by atoms with van der Waals surface area (Å²) in [5.41, 5.74) is 9.01. The summed E-state index contributed by atoms with van der Waals surface area (Å²) in [6.07, 6.45) is 4.91. The predicted molar refractivity (Wildman–Crippen MR) is 76.6 cm³/mol. The van der Waals surface area contributed by atoms with E-state index in [1.165, 1.54) is 24.8 Å². The monoisotopic (exact) mass is 248 g/mol. The molecule has 1 aliphatic carbocycles. The Hall–Kier alpha value is -1.22. The third kappa shape index (κ3) is 3.16. The topological polar surface area (TPSA) is 58.3 Å². The molecule has 0 radical (unpaired) electrons. The lowest BCUT2D eigenvalue weighted by Gasteiger charge is -2.30. The van der Waals surface area contributed by atoms with Gasteiger partial charge < -0.3 is 16.2 Å². The molecule has 18 heavy (non-hydrogen) atoms. The van der Waals surface area contributed by atoms with Gasteiger partial charge in [0.1, 0.15) is 0 Å². The minimum absolute atomic E-state index is 0.315. The zero-order chi connectivity index (χ0) is 13.0.